The maximum atomic E-state index is 13.5. The lowest BCUT2D eigenvalue weighted by Gasteiger charge is -2.33. The zero-order chi connectivity index (χ0) is 19.4. The number of piperidine rings is 1. The normalized spacial score (nSPS) is 21.3. The summed E-state index contributed by atoms with van der Waals surface area (Å²) in [7, 11) is 0. The Labute approximate surface area is 158 Å². The van der Waals surface area contributed by atoms with Gasteiger partial charge in [0, 0.05) is 30.9 Å². The molecule has 2 aromatic rings. The zero-order valence-corrected chi connectivity index (χ0v) is 15.9. The summed E-state index contributed by atoms with van der Waals surface area (Å²) in [6, 6.07) is 6.45. The van der Waals surface area contributed by atoms with Crippen molar-refractivity contribution in [1.82, 2.24) is 20.2 Å². The monoisotopic (exact) mass is 375 g/mol. The van der Waals surface area contributed by atoms with E-state index in [-0.39, 0.29) is 23.7 Å². The molecule has 7 nitrogen and oxygen atoms in total. The molecular formula is C19H28FN6O+. The zero-order valence-electron chi connectivity index (χ0n) is 15.9. The van der Waals surface area contributed by atoms with Crippen molar-refractivity contribution < 1.29 is 14.1 Å². The van der Waals surface area contributed by atoms with Gasteiger partial charge in [-0.1, -0.05) is 13.8 Å². The van der Waals surface area contributed by atoms with Crippen LogP contribution < -0.4 is 10.6 Å². The number of hydrogen-bond acceptors (Lipinski definition) is 4. The maximum Gasteiger partial charge on any atom is 0.220 e. The number of aryl methyl sites for hydroxylation is 1. The minimum atomic E-state index is -0.265. The number of hydrogen-bond donors (Lipinski definition) is 2. The van der Waals surface area contributed by atoms with Crippen LogP contribution in [0.15, 0.2) is 24.3 Å². The van der Waals surface area contributed by atoms with Gasteiger partial charge in [-0.15, -0.1) is 5.10 Å². The molecule has 0 spiro atoms. The van der Waals surface area contributed by atoms with Gasteiger partial charge >= 0.3 is 0 Å². The number of quaternary nitrogens is 1. The maximum absolute atomic E-state index is 13.5. The fourth-order valence-corrected chi connectivity index (χ4v) is 3.74. The van der Waals surface area contributed by atoms with Crippen LogP contribution in [0.5, 0.6) is 0 Å². The molecule has 1 amide bonds. The van der Waals surface area contributed by atoms with Gasteiger partial charge in [0.05, 0.1) is 13.1 Å². The Morgan fingerprint density at radius 1 is 1.30 bits per heavy atom. The van der Waals surface area contributed by atoms with Crippen molar-refractivity contribution in [1.29, 1.82) is 0 Å². The van der Waals surface area contributed by atoms with Crippen LogP contribution in [-0.2, 0) is 11.3 Å². The molecule has 1 atom stereocenters. The number of primary amides is 1. The van der Waals surface area contributed by atoms with E-state index in [1.807, 2.05) is 4.68 Å². The van der Waals surface area contributed by atoms with E-state index < -0.39 is 0 Å². The van der Waals surface area contributed by atoms with E-state index in [9.17, 15) is 9.18 Å². The first-order valence-electron chi connectivity index (χ1n) is 9.61. The van der Waals surface area contributed by atoms with Crippen molar-refractivity contribution >= 4 is 5.91 Å². The lowest BCUT2D eigenvalue weighted by molar-refractivity contribution is -0.931. The summed E-state index contributed by atoms with van der Waals surface area (Å²) in [5.74, 6) is 0.771. The lowest BCUT2D eigenvalue weighted by Crippen LogP contribution is -3.13. The Kier molecular flexibility index (Phi) is 6.15. The van der Waals surface area contributed by atoms with E-state index in [1.54, 1.807) is 12.1 Å². The van der Waals surface area contributed by atoms with E-state index in [1.165, 1.54) is 17.0 Å². The van der Waals surface area contributed by atoms with Gasteiger partial charge in [0.25, 0.3) is 0 Å². The highest BCUT2D eigenvalue weighted by Gasteiger charge is 2.35. The second kappa shape index (κ2) is 8.56. The predicted molar refractivity (Wildman–Crippen MR) is 98.1 cm³/mol. The van der Waals surface area contributed by atoms with Crippen molar-refractivity contribution in [2.24, 2.45) is 17.6 Å². The third kappa shape index (κ3) is 4.68. The van der Waals surface area contributed by atoms with E-state index in [2.05, 4.69) is 29.4 Å². The van der Waals surface area contributed by atoms with E-state index >= 15 is 0 Å². The van der Waals surface area contributed by atoms with Gasteiger partial charge in [-0.3, -0.25) is 4.79 Å². The Morgan fingerprint density at radius 2 is 1.96 bits per heavy atom. The summed E-state index contributed by atoms with van der Waals surface area (Å²) in [5, 5.41) is 12.4. The second-order valence-corrected chi connectivity index (χ2v) is 7.76. The number of amides is 1. The molecule has 146 valence electrons. The minimum Gasteiger partial charge on any atom is -0.369 e. The standard InChI is InChI=1S/C19H27FN6O/c1-13(2)7-12-26-19(22-23-24-26)17(14-3-5-16(20)6-4-14)25-10-8-15(9-11-25)18(21)27/h3-6,13,15,17H,7-12H2,1-2H3,(H2,21,27)/p+1/t17-/m1/s1. The van der Waals surface area contributed by atoms with Gasteiger partial charge in [-0.05, 0) is 47.0 Å². The first-order valence-corrected chi connectivity index (χ1v) is 9.61. The van der Waals surface area contributed by atoms with Gasteiger partial charge in [0.2, 0.25) is 11.7 Å². The highest BCUT2D eigenvalue weighted by molar-refractivity contribution is 5.76. The van der Waals surface area contributed by atoms with Gasteiger partial charge in [0.1, 0.15) is 5.82 Å². The number of nitrogens with one attached hydrogen (secondary N) is 1. The topological polar surface area (TPSA) is 91.1 Å². The van der Waals surface area contributed by atoms with Crippen LogP contribution in [0.1, 0.15) is 50.5 Å². The first-order chi connectivity index (χ1) is 13.0. The summed E-state index contributed by atoms with van der Waals surface area (Å²) >= 11 is 0. The molecule has 1 fully saturated rings. The largest absolute Gasteiger partial charge is 0.369 e. The van der Waals surface area contributed by atoms with Gasteiger partial charge in [-0.25, -0.2) is 9.07 Å². The minimum absolute atomic E-state index is 0.0699. The molecule has 1 aliphatic heterocycles. The third-order valence-corrected chi connectivity index (χ3v) is 5.38. The van der Waals surface area contributed by atoms with Crippen molar-refractivity contribution in [3.05, 3.63) is 41.5 Å². The number of carbonyl (C=O) groups excluding carboxylic acids is 1. The highest BCUT2D eigenvalue weighted by Crippen LogP contribution is 2.20. The summed E-state index contributed by atoms with van der Waals surface area (Å²) in [6.07, 6.45) is 2.47. The van der Waals surface area contributed by atoms with Gasteiger partial charge in [-0.2, -0.15) is 0 Å². The molecule has 0 unspecified atom stereocenters. The average molecular weight is 375 g/mol. The molecular weight excluding hydrogens is 347 g/mol. The molecule has 1 aliphatic rings. The number of rotatable bonds is 7. The molecule has 0 saturated carbocycles. The van der Waals surface area contributed by atoms with Crippen molar-refractivity contribution in [3.63, 3.8) is 0 Å². The Morgan fingerprint density at radius 3 is 2.56 bits per heavy atom. The fourth-order valence-electron chi connectivity index (χ4n) is 3.74. The SMILES string of the molecule is CC(C)CCn1nnnc1[C@@H](c1ccc(F)cc1)[NH+]1CCC(C(N)=O)CC1. The molecule has 8 heteroatoms. The number of likely N-dealkylation sites (tertiary alicyclic amines) is 1. The van der Waals surface area contributed by atoms with Crippen molar-refractivity contribution in [2.45, 2.75) is 45.7 Å². The van der Waals surface area contributed by atoms with Crippen LogP contribution in [0.4, 0.5) is 4.39 Å². The molecule has 3 rings (SSSR count). The van der Waals surface area contributed by atoms with Crippen LogP contribution in [0, 0.1) is 17.7 Å². The summed E-state index contributed by atoms with van der Waals surface area (Å²) in [5.41, 5.74) is 6.45. The number of carbonyl (C=O) groups is 1. The third-order valence-electron chi connectivity index (χ3n) is 5.38. The highest BCUT2D eigenvalue weighted by atomic mass is 19.1. The molecule has 27 heavy (non-hydrogen) atoms. The molecule has 1 aromatic heterocycles. The summed E-state index contributed by atoms with van der Waals surface area (Å²) < 4.78 is 15.3. The number of nitrogens with zero attached hydrogens (tertiary/aromatic N) is 4. The number of tetrazole rings is 1. The molecule has 0 aliphatic carbocycles. The smallest absolute Gasteiger partial charge is 0.220 e. The number of benzene rings is 1. The van der Waals surface area contributed by atoms with Gasteiger partial charge in [0.15, 0.2) is 6.04 Å². The summed E-state index contributed by atoms with van der Waals surface area (Å²) in [4.78, 5) is 12.8. The molecule has 3 N–H and O–H groups in total. The Hall–Kier alpha value is -2.35. The molecule has 1 saturated heterocycles. The lowest BCUT2D eigenvalue weighted by atomic mass is 9.93. The van der Waals surface area contributed by atoms with Crippen LogP contribution in [0.3, 0.4) is 0 Å². The average Bonchev–Trinajstić information content (AvgIpc) is 3.10. The van der Waals surface area contributed by atoms with E-state index in [4.69, 9.17) is 5.73 Å². The molecule has 1 aromatic carbocycles. The van der Waals surface area contributed by atoms with Crippen molar-refractivity contribution in [2.75, 3.05) is 13.1 Å². The molecule has 2 heterocycles. The van der Waals surface area contributed by atoms with Crippen LogP contribution in [0.25, 0.3) is 0 Å². The van der Waals surface area contributed by atoms with Crippen LogP contribution in [-0.4, -0.2) is 39.2 Å². The first kappa shape index (κ1) is 19.4. The second-order valence-electron chi connectivity index (χ2n) is 7.76. The number of nitrogens with two attached hydrogens (primary N) is 1. The Bertz CT molecular complexity index is 752. The van der Waals surface area contributed by atoms with Crippen LogP contribution >= 0.6 is 0 Å². The molecule has 0 bridgehead atoms. The van der Waals surface area contributed by atoms with Crippen molar-refractivity contribution in [3.8, 4) is 0 Å². The molecule has 0 radical (unpaired) electrons. The predicted octanol–water partition coefficient (Wildman–Crippen LogP) is 0.728. The quantitative estimate of drug-likeness (QED) is 0.746. The van der Waals surface area contributed by atoms with Crippen LogP contribution in [0.2, 0.25) is 0 Å². The summed E-state index contributed by atoms with van der Waals surface area (Å²) in [6.45, 7) is 6.68. The van der Waals surface area contributed by atoms with E-state index in [0.717, 1.165) is 50.3 Å². The number of halogens is 1. The fraction of sp³-hybridized carbons (Fsp3) is 0.579. The van der Waals surface area contributed by atoms with Gasteiger partial charge < -0.3 is 10.6 Å². The van der Waals surface area contributed by atoms with E-state index in [0.29, 0.717) is 5.92 Å². The number of aromatic nitrogens is 4. The Balaban J connectivity index is 1.89.